The summed E-state index contributed by atoms with van der Waals surface area (Å²) >= 11 is 6.06. The third-order valence-electron chi connectivity index (χ3n) is 5.89. The van der Waals surface area contributed by atoms with E-state index in [9.17, 15) is 19.8 Å². The molecule has 3 aromatic rings. The molecular formula is C23H24ClNO4. The van der Waals surface area contributed by atoms with Crippen molar-refractivity contribution in [2.45, 2.75) is 40.0 Å². The Balaban J connectivity index is 2.42. The Morgan fingerprint density at radius 3 is 2.24 bits per heavy atom. The van der Waals surface area contributed by atoms with Crippen molar-refractivity contribution in [3.8, 4) is 5.75 Å². The normalized spacial score (nSPS) is 14.0. The van der Waals surface area contributed by atoms with Crippen molar-refractivity contribution >= 4 is 34.4 Å². The molecule has 6 heteroatoms. The number of aliphatic carboxylic acids is 1. The van der Waals surface area contributed by atoms with Crippen LogP contribution in [0.3, 0.4) is 0 Å². The Morgan fingerprint density at radius 2 is 1.69 bits per heavy atom. The van der Waals surface area contributed by atoms with Crippen LogP contribution in [0.2, 0.25) is 5.02 Å². The Hall–Kier alpha value is -2.79. The van der Waals surface area contributed by atoms with Gasteiger partial charge in [0.25, 0.3) is 5.91 Å². The smallest absolute Gasteiger partial charge is 0.314 e. The molecule has 0 saturated heterocycles. The summed E-state index contributed by atoms with van der Waals surface area (Å²) < 4.78 is 1.50. The van der Waals surface area contributed by atoms with Gasteiger partial charge in [0, 0.05) is 21.7 Å². The quantitative estimate of drug-likeness (QED) is 0.603. The number of fused-ring (bicyclic) bond motifs is 1. The Bertz CT molecular complexity index is 1140. The van der Waals surface area contributed by atoms with E-state index in [2.05, 4.69) is 0 Å². The summed E-state index contributed by atoms with van der Waals surface area (Å²) in [5.74, 6) is -1.30. The van der Waals surface area contributed by atoms with Gasteiger partial charge in [-0.05, 0) is 61.2 Å². The maximum Gasteiger partial charge on any atom is 0.314 e. The van der Waals surface area contributed by atoms with Crippen LogP contribution in [0.5, 0.6) is 5.75 Å². The van der Waals surface area contributed by atoms with Crippen LogP contribution in [-0.4, -0.2) is 26.7 Å². The number of carbonyl (C=O) groups excluding carboxylic acids is 1. The lowest BCUT2D eigenvalue weighted by molar-refractivity contribution is -0.147. The number of rotatable bonds is 3. The number of carboxylic acid groups (broad SMARTS) is 1. The number of aromatic nitrogens is 1. The van der Waals surface area contributed by atoms with E-state index in [0.717, 1.165) is 0 Å². The summed E-state index contributed by atoms with van der Waals surface area (Å²) in [6, 6.07) is 11.3. The molecule has 0 bridgehead atoms. The number of carboxylic acids is 1. The van der Waals surface area contributed by atoms with E-state index >= 15 is 0 Å². The summed E-state index contributed by atoms with van der Waals surface area (Å²) in [6.45, 7) is 8.96. The first-order valence-corrected chi connectivity index (χ1v) is 9.65. The Labute approximate surface area is 174 Å². The van der Waals surface area contributed by atoms with E-state index in [-0.39, 0.29) is 11.7 Å². The van der Waals surface area contributed by atoms with Crippen molar-refractivity contribution < 1.29 is 19.8 Å². The average molecular weight is 414 g/mol. The van der Waals surface area contributed by atoms with Gasteiger partial charge in [0.05, 0.1) is 10.9 Å². The minimum atomic E-state index is -1.30. The van der Waals surface area contributed by atoms with Gasteiger partial charge in [0.15, 0.2) is 0 Å². The molecule has 5 nitrogen and oxygen atoms in total. The van der Waals surface area contributed by atoms with Gasteiger partial charge in [0.2, 0.25) is 0 Å². The maximum absolute atomic E-state index is 13.4. The van der Waals surface area contributed by atoms with Gasteiger partial charge in [-0.3, -0.25) is 14.2 Å². The summed E-state index contributed by atoms with van der Waals surface area (Å²) in [5.41, 5.74) is 0.00656. The molecule has 3 rings (SSSR count). The number of hydrogen-bond acceptors (Lipinski definition) is 3. The minimum Gasteiger partial charge on any atom is -0.508 e. The van der Waals surface area contributed by atoms with Crippen molar-refractivity contribution in [3.05, 3.63) is 64.3 Å². The summed E-state index contributed by atoms with van der Waals surface area (Å²) in [6.07, 6.45) is 0. The highest BCUT2D eigenvalue weighted by atomic mass is 35.5. The predicted octanol–water partition coefficient (Wildman–Crippen LogP) is 5.39. The summed E-state index contributed by atoms with van der Waals surface area (Å²) in [4.78, 5) is 25.8. The number of phenolic OH excluding ortho intramolecular Hbond substituents is 1. The standard InChI is InChI=1S/C23H24ClNO4/c1-13-19(23(5,21(28)29)22(2,3)4)17-12-16(26)9-10-18(17)25(13)20(27)14-7-6-8-15(24)11-14/h6-12,26H,1-5H3,(H,28,29)/t23-/m1/s1. The van der Waals surface area contributed by atoms with Crippen molar-refractivity contribution in [2.75, 3.05) is 0 Å². The zero-order valence-electron chi connectivity index (χ0n) is 17.1. The van der Waals surface area contributed by atoms with Gasteiger partial charge >= 0.3 is 5.97 Å². The maximum atomic E-state index is 13.4. The number of halogens is 1. The lowest BCUT2D eigenvalue weighted by Crippen LogP contribution is -2.45. The van der Waals surface area contributed by atoms with E-state index < -0.39 is 16.8 Å². The fraction of sp³-hybridized carbons (Fsp3) is 0.304. The summed E-state index contributed by atoms with van der Waals surface area (Å²) in [5, 5.41) is 21.3. The molecule has 2 aromatic carbocycles. The van der Waals surface area contributed by atoms with E-state index in [1.807, 2.05) is 20.8 Å². The van der Waals surface area contributed by atoms with Gasteiger partial charge in [0.1, 0.15) is 5.75 Å². The first-order valence-electron chi connectivity index (χ1n) is 9.27. The highest BCUT2D eigenvalue weighted by Crippen LogP contribution is 2.47. The zero-order valence-corrected chi connectivity index (χ0v) is 17.8. The van der Waals surface area contributed by atoms with Gasteiger partial charge < -0.3 is 10.2 Å². The zero-order chi connectivity index (χ0) is 21.7. The van der Waals surface area contributed by atoms with Crippen molar-refractivity contribution in [1.82, 2.24) is 4.57 Å². The van der Waals surface area contributed by atoms with Crippen molar-refractivity contribution in [2.24, 2.45) is 5.41 Å². The Morgan fingerprint density at radius 1 is 1.03 bits per heavy atom. The molecule has 0 aliphatic carbocycles. The second-order valence-electron chi connectivity index (χ2n) is 8.49. The van der Waals surface area contributed by atoms with Crippen LogP contribution in [0, 0.1) is 12.3 Å². The molecule has 0 aliphatic heterocycles. The minimum absolute atomic E-state index is 0.00718. The molecule has 1 atom stereocenters. The highest BCUT2D eigenvalue weighted by molar-refractivity contribution is 6.31. The molecule has 2 N–H and O–H groups in total. The van der Waals surface area contributed by atoms with Crippen LogP contribution in [0.25, 0.3) is 10.9 Å². The molecule has 0 spiro atoms. The fourth-order valence-electron chi connectivity index (χ4n) is 3.85. The lowest BCUT2D eigenvalue weighted by Gasteiger charge is -2.39. The number of nitrogens with zero attached hydrogens (tertiary/aromatic N) is 1. The molecule has 0 unspecified atom stereocenters. The third-order valence-corrected chi connectivity index (χ3v) is 6.13. The van der Waals surface area contributed by atoms with E-state index in [1.165, 1.54) is 16.7 Å². The molecule has 1 heterocycles. The van der Waals surface area contributed by atoms with Crippen LogP contribution in [-0.2, 0) is 10.2 Å². The Kier molecular flexibility index (Phi) is 4.99. The van der Waals surface area contributed by atoms with Crippen LogP contribution in [0.15, 0.2) is 42.5 Å². The van der Waals surface area contributed by atoms with Crippen LogP contribution in [0.1, 0.15) is 49.3 Å². The average Bonchev–Trinajstić information content (AvgIpc) is 2.90. The molecule has 0 aliphatic rings. The van der Waals surface area contributed by atoms with Gasteiger partial charge in [-0.15, -0.1) is 0 Å². The van der Waals surface area contributed by atoms with Crippen LogP contribution >= 0.6 is 11.6 Å². The monoisotopic (exact) mass is 413 g/mol. The largest absolute Gasteiger partial charge is 0.508 e. The lowest BCUT2D eigenvalue weighted by atomic mass is 9.63. The first kappa shape index (κ1) is 20.9. The molecule has 152 valence electrons. The SMILES string of the molecule is Cc1c([C@](C)(C(=O)O)C(C)(C)C)c2cc(O)ccc2n1C(=O)c1cccc(Cl)c1. The highest BCUT2D eigenvalue weighted by Gasteiger charge is 2.49. The molecule has 0 radical (unpaired) electrons. The summed E-state index contributed by atoms with van der Waals surface area (Å²) in [7, 11) is 0. The van der Waals surface area contributed by atoms with Gasteiger partial charge in [-0.2, -0.15) is 0 Å². The van der Waals surface area contributed by atoms with Gasteiger partial charge in [-0.1, -0.05) is 38.4 Å². The van der Waals surface area contributed by atoms with Crippen molar-refractivity contribution in [1.29, 1.82) is 0 Å². The number of carbonyl (C=O) groups is 2. The topological polar surface area (TPSA) is 79.5 Å². The molecule has 29 heavy (non-hydrogen) atoms. The number of hydrogen-bond donors (Lipinski definition) is 2. The molecule has 0 amide bonds. The molecular weight excluding hydrogens is 390 g/mol. The van der Waals surface area contributed by atoms with E-state index in [0.29, 0.717) is 32.7 Å². The van der Waals surface area contributed by atoms with Crippen LogP contribution < -0.4 is 0 Å². The molecule has 0 fully saturated rings. The predicted molar refractivity (Wildman–Crippen MR) is 114 cm³/mol. The molecule has 1 aromatic heterocycles. The fourth-order valence-corrected chi connectivity index (χ4v) is 4.04. The van der Waals surface area contributed by atoms with Crippen molar-refractivity contribution in [3.63, 3.8) is 0 Å². The second-order valence-corrected chi connectivity index (χ2v) is 8.93. The molecule has 0 saturated carbocycles. The van der Waals surface area contributed by atoms with E-state index in [1.54, 1.807) is 44.2 Å². The third kappa shape index (κ3) is 3.19. The first-order chi connectivity index (χ1) is 13.4. The number of aromatic hydroxyl groups is 1. The number of phenols is 1. The van der Waals surface area contributed by atoms with E-state index in [4.69, 9.17) is 11.6 Å². The van der Waals surface area contributed by atoms with Crippen LogP contribution in [0.4, 0.5) is 0 Å². The van der Waals surface area contributed by atoms with Gasteiger partial charge in [-0.25, -0.2) is 0 Å². The number of benzene rings is 2. The second kappa shape index (κ2) is 6.92.